The number of anilines is 1. The van der Waals surface area contributed by atoms with Crippen molar-refractivity contribution in [1.29, 1.82) is 0 Å². The second-order valence-electron chi connectivity index (χ2n) is 4.63. The average molecular weight is 250 g/mol. The van der Waals surface area contributed by atoms with Crippen LogP contribution in [0.25, 0.3) is 0 Å². The molecule has 0 aliphatic heterocycles. The van der Waals surface area contributed by atoms with Crippen molar-refractivity contribution in [2.75, 3.05) is 12.3 Å². The molecule has 18 heavy (non-hydrogen) atoms. The van der Waals surface area contributed by atoms with Crippen LogP contribution in [0.4, 0.5) is 5.82 Å². The Hall–Kier alpha value is -1.65. The van der Waals surface area contributed by atoms with Crippen LogP contribution in [0, 0.1) is 0 Å². The maximum absolute atomic E-state index is 12.3. The van der Waals surface area contributed by atoms with Gasteiger partial charge in [-0.2, -0.15) is 0 Å². The van der Waals surface area contributed by atoms with Gasteiger partial charge in [0, 0.05) is 12.6 Å². The Morgan fingerprint density at radius 1 is 1.39 bits per heavy atom. The van der Waals surface area contributed by atoms with Gasteiger partial charge in [0.1, 0.15) is 11.5 Å². The van der Waals surface area contributed by atoms with Gasteiger partial charge in [-0.05, 0) is 20.3 Å². The fourth-order valence-electron chi connectivity index (χ4n) is 1.76. The summed E-state index contributed by atoms with van der Waals surface area (Å²) in [5.74, 6) is 0.180. The minimum atomic E-state index is -0.0964. The highest BCUT2D eigenvalue weighted by atomic mass is 16.2. The first-order chi connectivity index (χ1) is 8.56. The minimum absolute atomic E-state index is 0.0964. The van der Waals surface area contributed by atoms with E-state index in [0.29, 0.717) is 5.69 Å². The van der Waals surface area contributed by atoms with Gasteiger partial charge in [0.15, 0.2) is 0 Å². The summed E-state index contributed by atoms with van der Waals surface area (Å²) in [6.07, 6.45) is 6.18. The first-order valence-corrected chi connectivity index (χ1v) is 6.44. The number of aromatic nitrogens is 2. The van der Waals surface area contributed by atoms with E-state index in [1.54, 1.807) is 0 Å². The molecule has 0 aromatic carbocycles. The number of hydrogen-bond donors (Lipinski definition) is 1. The van der Waals surface area contributed by atoms with E-state index >= 15 is 0 Å². The lowest BCUT2D eigenvalue weighted by atomic mass is 10.2. The van der Waals surface area contributed by atoms with Gasteiger partial charge in [0.25, 0.3) is 5.91 Å². The summed E-state index contributed by atoms with van der Waals surface area (Å²) < 4.78 is 0. The number of carbonyl (C=O) groups is 1. The maximum atomic E-state index is 12.3. The topological polar surface area (TPSA) is 72.1 Å². The number of nitrogen functional groups attached to an aromatic ring is 1. The molecule has 1 amide bonds. The van der Waals surface area contributed by atoms with Crippen molar-refractivity contribution in [2.24, 2.45) is 0 Å². The molecule has 0 spiro atoms. The molecule has 0 fully saturated rings. The molecule has 0 unspecified atom stereocenters. The zero-order valence-corrected chi connectivity index (χ0v) is 11.4. The predicted molar refractivity (Wildman–Crippen MR) is 72.1 cm³/mol. The van der Waals surface area contributed by atoms with Crippen molar-refractivity contribution in [3.8, 4) is 0 Å². The summed E-state index contributed by atoms with van der Waals surface area (Å²) in [5, 5.41) is 0. The summed E-state index contributed by atoms with van der Waals surface area (Å²) in [4.78, 5) is 22.1. The van der Waals surface area contributed by atoms with Gasteiger partial charge in [-0.1, -0.05) is 19.8 Å². The summed E-state index contributed by atoms with van der Waals surface area (Å²) in [6.45, 7) is 6.90. The van der Waals surface area contributed by atoms with Crippen LogP contribution >= 0.6 is 0 Å². The Bertz CT molecular complexity index is 392. The van der Waals surface area contributed by atoms with Crippen LogP contribution in [-0.2, 0) is 0 Å². The molecule has 0 radical (unpaired) electrons. The lowest BCUT2D eigenvalue weighted by molar-refractivity contribution is 0.0696. The van der Waals surface area contributed by atoms with Gasteiger partial charge in [0.05, 0.1) is 12.4 Å². The van der Waals surface area contributed by atoms with Gasteiger partial charge >= 0.3 is 0 Å². The highest BCUT2D eigenvalue weighted by Crippen LogP contribution is 2.09. The number of amides is 1. The largest absolute Gasteiger partial charge is 0.382 e. The third-order valence-corrected chi connectivity index (χ3v) is 2.76. The lowest BCUT2D eigenvalue weighted by Gasteiger charge is -2.26. The quantitative estimate of drug-likeness (QED) is 0.785. The molecule has 0 saturated carbocycles. The van der Waals surface area contributed by atoms with Crippen molar-refractivity contribution >= 4 is 11.7 Å². The molecule has 0 aliphatic carbocycles. The lowest BCUT2D eigenvalue weighted by Crippen LogP contribution is -2.38. The Morgan fingerprint density at radius 2 is 2.11 bits per heavy atom. The number of carbonyl (C=O) groups excluding carboxylic acids is 1. The second kappa shape index (κ2) is 6.93. The van der Waals surface area contributed by atoms with Crippen molar-refractivity contribution in [3.05, 3.63) is 18.1 Å². The normalized spacial score (nSPS) is 10.7. The Kier molecular flexibility index (Phi) is 5.55. The van der Waals surface area contributed by atoms with Gasteiger partial charge in [-0.15, -0.1) is 0 Å². The minimum Gasteiger partial charge on any atom is -0.382 e. The zero-order valence-electron chi connectivity index (χ0n) is 11.4. The number of unbranched alkanes of at least 4 members (excludes halogenated alkanes) is 2. The van der Waals surface area contributed by atoms with E-state index in [0.717, 1.165) is 25.8 Å². The molecular formula is C13H22N4O. The van der Waals surface area contributed by atoms with E-state index in [9.17, 15) is 4.79 Å². The van der Waals surface area contributed by atoms with Crippen LogP contribution < -0.4 is 5.73 Å². The number of hydrogen-bond acceptors (Lipinski definition) is 4. The fraction of sp³-hybridized carbons (Fsp3) is 0.615. The first kappa shape index (κ1) is 14.4. The molecule has 1 rings (SSSR count). The van der Waals surface area contributed by atoms with Crippen LogP contribution in [0.3, 0.4) is 0 Å². The molecule has 0 aliphatic rings. The smallest absolute Gasteiger partial charge is 0.274 e. The Morgan fingerprint density at radius 3 is 2.67 bits per heavy atom. The molecule has 0 atom stereocenters. The van der Waals surface area contributed by atoms with Crippen molar-refractivity contribution < 1.29 is 4.79 Å². The van der Waals surface area contributed by atoms with E-state index in [1.807, 2.05) is 18.7 Å². The van der Waals surface area contributed by atoms with Gasteiger partial charge in [-0.25, -0.2) is 4.98 Å². The predicted octanol–water partition coefficient (Wildman–Crippen LogP) is 2.10. The highest BCUT2D eigenvalue weighted by molar-refractivity contribution is 5.92. The summed E-state index contributed by atoms with van der Waals surface area (Å²) >= 11 is 0. The third-order valence-electron chi connectivity index (χ3n) is 2.76. The molecule has 5 nitrogen and oxygen atoms in total. The molecule has 5 heteroatoms. The van der Waals surface area contributed by atoms with Crippen LogP contribution in [0.2, 0.25) is 0 Å². The van der Waals surface area contributed by atoms with Crippen molar-refractivity contribution in [1.82, 2.24) is 14.9 Å². The maximum Gasteiger partial charge on any atom is 0.274 e. The molecule has 100 valence electrons. The number of rotatable bonds is 6. The van der Waals surface area contributed by atoms with Crippen molar-refractivity contribution in [3.63, 3.8) is 0 Å². The van der Waals surface area contributed by atoms with Gasteiger partial charge in [0.2, 0.25) is 0 Å². The average Bonchev–Trinajstić information content (AvgIpc) is 2.33. The molecular weight excluding hydrogens is 228 g/mol. The second-order valence-corrected chi connectivity index (χ2v) is 4.63. The third kappa shape index (κ3) is 3.98. The van der Waals surface area contributed by atoms with Crippen LogP contribution in [-0.4, -0.2) is 33.4 Å². The van der Waals surface area contributed by atoms with E-state index in [1.165, 1.54) is 12.4 Å². The first-order valence-electron chi connectivity index (χ1n) is 6.44. The molecule has 0 bridgehead atoms. The SMILES string of the molecule is CCCCCN(C(=O)c1cncc(N)n1)C(C)C. The van der Waals surface area contributed by atoms with Crippen LogP contribution in [0.1, 0.15) is 50.5 Å². The molecule has 0 saturated heterocycles. The number of nitrogens with zero attached hydrogens (tertiary/aromatic N) is 3. The van der Waals surface area contributed by atoms with E-state index < -0.39 is 0 Å². The van der Waals surface area contributed by atoms with Crippen LogP contribution in [0.5, 0.6) is 0 Å². The molecule has 1 aromatic heterocycles. The fourth-order valence-corrected chi connectivity index (χ4v) is 1.76. The van der Waals surface area contributed by atoms with E-state index in [2.05, 4.69) is 16.9 Å². The zero-order chi connectivity index (χ0) is 13.5. The Balaban J connectivity index is 2.76. The van der Waals surface area contributed by atoms with Crippen LogP contribution in [0.15, 0.2) is 12.4 Å². The van der Waals surface area contributed by atoms with Crippen molar-refractivity contribution in [2.45, 2.75) is 46.1 Å². The monoisotopic (exact) mass is 250 g/mol. The molecule has 2 N–H and O–H groups in total. The highest BCUT2D eigenvalue weighted by Gasteiger charge is 2.19. The standard InChI is InChI=1S/C13H22N4O/c1-4-5-6-7-17(10(2)3)13(18)11-8-15-9-12(14)16-11/h8-10H,4-7H2,1-3H3,(H2,14,16). The Labute approximate surface area is 108 Å². The summed E-state index contributed by atoms with van der Waals surface area (Å²) in [5.41, 5.74) is 5.87. The van der Waals surface area contributed by atoms with E-state index in [-0.39, 0.29) is 17.8 Å². The molecule has 1 aromatic rings. The summed E-state index contributed by atoms with van der Waals surface area (Å²) in [6, 6.07) is 0.151. The number of nitrogens with two attached hydrogens (primary N) is 1. The molecule has 1 heterocycles. The summed E-state index contributed by atoms with van der Waals surface area (Å²) in [7, 11) is 0. The van der Waals surface area contributed by atoms with Gasteiger partial charge in [-0.3, -0.25) is 9.78 Å². The van der Waals surface area contributed by atoms with E-state index in [4.69, 9.17) is 5.73 Å². The van der Waals surface area contributed by atoms with Gasteiger partial charge < -0.3 is 10.6 Å².